The van der Waals surface area contributed by atoms with Crippen molar-refractivity contribution in [3.63, 3.8) is 0 Å². The van der Waals surface area contributed by atoms with Gasteiger partial charge in [-0.1, -0.05) is 22.9 Å². The van der Waals surface area contributed by atoms with Crippen LogP contribution in [0.4, 0.5) is 10.1 Å². The molecule has 0 amide bonds. The molecule has 0 aromatic carbocycles. The average molecular weight is 261 g/mol. The Morgan fingerprint density at radius 1 is 1.57 bits per heavy atom. The Balaban J connectivity index is 2.64. The highest BCUT2D eigenvalue weighted by atomic mass is 79.9. The van der Waals surface area contributed by atoms with E-state index in [0.29, 0.717) is 11.6 Å². The summed E-state index contributed by atoms with van der Waals surface area (Å²) in [6.07, 6.45) is 2.80. The first kappa shape index (κ1) is 11.4. The van der Waals surface area contributed by atoms with Gasteiger partial charge in [0.1, 0.15) is 0 Å². The van der Waals surface area contributed by atoms with Crippen LogP contribution in [0.15, 0.2) is 18.5 Å². The largest absolute Gasteiger partial charge is 0.380 e. The number of aromatic nitrogens is 1. The molecule has 0 aliphatic heterocycles. The molecule has 1 heterocycles. The molecule has 2 unspecified atom stereocenters. The Labute approximate surface area is 92.1 Å². The molecule has 0 aliphatic rings. The highest BCUT2D eigenvalue weighted by molar-refractivity contribution is 9.09. The van der Waals surface area contributed by atoms with E-state index in [2.05, 4.69) is 33.2 Å². The summed E-state index contributed by atoms with van der Waals surface area (Å²) in [7, 11) is 0. The maximum Gasteiger partial charge on any atom is 0.164 e. The van der Waals surface area contributed by atoms with Gasteiger partial charge in [0.15, 0.2) is 5.82 Å². The fraction of sp³-hybridized carbons (Fsp3) is 0.500. The molecule has 0 radical (unpaired) electrons. The molecular formula is C10H14BrFN2. The van der Waals surface area contributed by atoms with Crippen LogP contribution in [-0.2, 0) is 0 Å². The van der Waals surface area contributed by atoms with Gasteiger partial charge in [0.05, 0.1) is 11.9 Å². The smallest absolute Gasteiger partial charge is 0.164 e. The molecule has 1 N–H and O–H groups in total. The van der Waals surface area contributed by atoms with Crippen LogP contribution in [-0.4, -0.2) is 16.4 Å². The predicted octanol–water partition coefficient (Wildman–Crippen LogP) is 3.05. The monoisotopic (exact) mass is 260 g/mol. The van der Waals surface area contributed by atoms with Gasteiger partial charge in [-0.25, -0.2) is 4.39 Å². The summed E-state index contributed by atoms with van der Waals surface area (Å²) in [6.45, 7) is 4.14. The molecule has 0 spiro atoms. The molecule has 2 nitrogen and oxygen atoms in total. The summed E-state index contributed by atoms with van der Waals surface area (Å²) >= 11 is 3.40. The van der Waals surface area contributed by atoms with Crippen LogP contribution in [0, 0.1) is 11.7 Å². The first-order valence-electron chi connectivity index (χ1n) is 4.57. The molecule has 14 heavy (non-hydrogen) atoms. The van der Waals surface area contributed by atoms with E-state index in [1.54, 1.807) is 12.3 Å². The van der Waals surface area contributed by atoms with Gasteiger partial charge in [0, 0.05) is 17.6 Å². The molecule has 78 valence electrons. The number of halogens is 2. The third kappa shape index (κ3) is 2.94. The molecule has 0 bridgehead atoms. The van der Waals surface area contributed by atoms with E-state index in [0.717, 1.165) is 5.33 Å². The van der Waals surface area contributed by atoms with Crippen LogP contribution in [0.25, 0.3) is 0 Å². The number of nitrogens with one attached hydrogen (secondary N) is 1. The molecular weight excluding hydrogens is 247 g/mol. The minimum absolute atomic E-state index is 0.228. The molecule has 4 heteroatoms. The van der Waals surface area contributed by atoms with E-state index in [9.17, 15) is 4.39 Å². The van der Waals surface area contributed by atoms with Gasteiger partial charge in [0.25, 0.3) is 0 Å². The maximum absolute atomic E-state index is 13.2. The zero-order chi connectivity index (χ0) is 10.6. The Kier molecular flexibility index (Phi) is 4.32. The quantitative estimate of drug-likeness (QED) is 0.842. The number of pyridine rings is 1. The van der Waals surface area contributed by atoms with Crippen LogP contribution in [0.5, 0.6) is 0 Å². The molecule has 0 aliphatic carbocycles. The van der Waals surface area contributed by atoms with Crippen LogP contribution in [0.1, 0.15) is 13.8 Å². The van der Waals surface area contributed by atoms with E-state index in [1.165, 1.54) is 6.20 Å². The van der Waals surface area contributed by atoms with Crippen molar-refractivity contribution in [2.45, 2.75) is 19.9 Å². The van der Waals surface area contributed by atoms with Crippen molar-refractivity contribution < 1.29 is 4.39 Å². The van der Waals surface area contributed by atoms with Gasteiger partial charge in [-0.2, -0.15) is 0 Å². The lowest BCUT2D eigenvalue weighted by atomic mass is 10.1. The summed E-state index contributed by atoms with van der Waals surface area (Å²) in [5.74, 6) is 0.142. The Morgan fingerprint density at radius 2 is 2.29 bits per heavy atom. The number of hydrogen-bond donors (Lipinski definition) is 1. The van der Waals surface area contributed by atoms with E-state index in [-0.39, 0.29) is 11.9 Å². The van der Waals surface area contributed by atoms with E-state index >= 15 is 0 Å². The number of rotatable bonds is 4. The standard InChI is InChI=1S/C10H14BrFN2/c1-7(5-11)8(2)14-10-3-4-13-6-9(10)12/h3-4,6-8H,5H2,1-2H3,(H,13,14). The average Bonchev–Trinajstić information content (AvgIpc) is 2.20. The van der Waals surface area contributed by atoms with Crippen LogP contribution < -0.4 is 5.32 Å². The normalized spacial score (nSPS) is 14.9. The van der Waals surface area contributed by atoms with Crippen molar-refractivity contribution in [2.24, 2.45) is 5.92 Å². The van der Waals surface area contributed by atoms with Gasteiger partial charge in [-0.05, 0) is 18.9 Å². The van der Waals surface area contributed by atoms with Gasteiger partial charge >= 0.3 is 0 Å². The van der Waals surface area contributed by atoms with E-state index < -0.39 is 0 Å². The van der Waals surface area contributed by atoms with Gasteiger partial charge in [-0.15, -0.1) is 0 Å². The molecule has 1 rings (SSSR count). The third-order valence-electron chi connectivity index (χ3n) is 2.25. The van der Waals surface area contributed by atoms with Crippen LogP contribution >= 0.6 is 15.9 Å². The zero-order valence-corrected chi connectivity index (χ0v) is 9.88. The lowest BCUT2D eigenvalue weighted by molar-refractivity contribution is 0.562. The number of anilines is 1. The fourth-order valence-electron chi connectivity index (χ4n) is 1.01. The van der Waals surface area contributed by atoms with Crippen LogP contribution in [0.2, 0.25) is 0 Å². The Morgan fingerprint density at radius 3 is 2.86 bits per heavy atom. The lowest BCUT2D eigenvalue weighted by Crippen LogP contribution is -2.25. The summed E-state index contributed by atoms with van der Waals surface area (Å²) in [4.78, 5) is 3.69. The zero-order valence-electron chi connectivity index (χ0n) is 8.30. The minimum Gasteiger partial charge on any atom is -0.380 e. The second kappa shape index (κ2) is 5.29. The lowest BCUT2D eigenvalue weighted by Gasteiger charge is -2.20. The molecule has 1 aromatic rings. The van der Waals surface area contributed by atoms with Gasteiger partial charge in [-0.3, -0.25) is 4.98 Å². The third-order valence-corrected chi connectivity index (χ3v) is 3.27. The molecule has 0 fully saturated rings. The van der Waals surface area contributed by atoms with Crippen molar-refractivity contribution in [3.05, 3.63) is 24.3 Å². The maximum atomic E-state index is 13.2. The topological polar surface area (TPSA) is 24.9 Å². The summed E-state index contributed by atoms with van der Waals surface area (Å²) in [5, 5.41) is 4.01. The van der Waals surface area contributed by atoms with Crippen molar-refractivity contribution in [2.75, 3.05) is 10.6 Å². The minimum atomic E-state index is -0.305. The van der Waals surface area contributed by atoms with E-state index in [4.69, 9.17) is 0 Å². The van der Waals surface area contributed by atoms with Crippen LogP contribution in [0.3, 0.4) is 0 Å². The predicted molar refractivity (Wildman–Crippen MR) is 60.2 cm³/mol. The van der Waals surface area contributed by atoms with Gasteiger partial charge in [0.2, 0.25) is 0 Å². The number of alkyl halides is 1. The first-order chi connectivity index (χ1) is 6.65. The van der Waals surface area contributed by atoms with Crippen molar-refractivity contribution in [3.8, 4) is 0 Å². The Hall–Kier alpha value is -0.640. The summed E-state index contributed by atoms with van der Waals surface area (Å²) < 4.78 is 13.2. The van der Waals surface area contributed by atoms with E-state index in [1.807, 2.05) is 6.92 Å². The highest BCUT2D eigenvalue weighted by Gasteiger charge is 2.12. The molecule has 1 aromatic heterocycles. The van der Waals surface area contributed by atoms with Gasteiger partial charge < -0.3 is 5.32 Å². The fourth-order valence-corrected chi connectivity index (χ4v) is 1.57. The highest BCUT2D eigenvalue weighted by Crippen LogP contribution is 2.16. The molecule has 0 saturated carbocycles. The second-order valence-corrected chi connectivity index (χ2v) is 4.07. The SMILES string of the molecule is CC(CBr)C(C)Nc1ccncc1F. The van der Waals surface area contributed by atoms with Crippen molar-refractivity contribution in [1.82, 2.24) is 4.98 Å². The Bertz CT molecular complexity index is 293. The number of nitrogens with zero attached hydrogens (tertiary/aromatic N) is 1. The summed E-state index contributed by atoms with van der Waals surface area (Å²) in [5.41, 5.74) is 0.514. The number of hydrogen-bond acceptors (Lipinski definition) is 2. The molecule has 2 atom stereocenters. The second-order valence-electron chi connectivity index (χ2n) is 3.42. The van der Waals surface area contributed by atoms with Crippen molar-refractivity contribution >= 4 is 21.6 Å². The van der Waals surface area contributed by atoms with Crippen molar-refractivity contribution in [1.29, 1.82) is 0 Å². The first-order valence-corrected chi connectivity index (χ1v) is 5.69. The molecule has 0 saturated heterocycles. The summed E-state index contributed by atoms with van der Waals surface area (Å²) in [6, 6.07) is 1.87.